The Hall–Kier alpha value is -1.94. The Kier molecular flexibility index (Phi) is 4.91. The van der Waals surface area contributed by atoms with Crippen molar-refractivity contribution < 1.29 is 18.4 Å². The van der Waals surface area contributed by atoms with Crippen LogP contribution in [-0.4, -0.2) is 28.1 Å². The van der Waals surface area contributed by atoms with E-state index in [1.807, 2.05) is 0 Å². The van der Waals surface area contributed by atoms with Crippen LogP contribution in [0.2, 0.25) is 0 Å². The molecule has 0 saturated heterocycles. The van der Waals surface area contributed by atoms with Crippen molar-refractivity contribution in [3.63, 3.8) is 0 Å². The third kappa shape index (κ3) is 4.02. The van der Waals surface area contributed by atoms with Crippen molar-refractivity contribution in [2.24, 2.45) is 0 Å². The molecule has 0 aliphatic carbocycles. The summed E-state index contributed by atoms with van der Waals surface area (Å²) >= 11 is 1.84. The number of hydrogen-bond donors (Lipinski definition) is 2. The van der Waals surface area contributed by atoms with Crippen LogP contribution in [0.4, 0.5) is 13.9 Å². The maximum Gasteiger partial charge on any atom is 0.291 e. The third-order valence-electron chi connectivity index (χ3n) is 2.34. The number of thiophene rings is 1. The molecule has 2 amide bonds. The average Bonchev–Trinajstić information content (AvgIpc) is 3.09. The Labute approximate surface area is 126 Å². The van der Waals surface area contributed by atoms with Crippen molar-refractivity contribution in [1.29, 1.82) is 0 Å². The van der Waals surface area contributed by atoms with E-state index in [9.17, 15) is 18.4 Å². The van der Waals surface area contributed by atoms with Crippen molar-refractivity contribution in [3.05, 3.63) is 27.4 Å². The molecule has 0 spiro atoms. The number of nitrogens with one attached hydrogen (secondary N) is 2. The Balaban J connectivity index is 1.91. The van der Waals surface area contributed by atoms with E-state index in [2.05, 4.69) is 20.8 Å². The number of alkyl halides is 2. The van der Waals surface area contributed by atoms with Gasteiger partial charge in [-0.2, -0.15) is 0 Å². The lowest BCUT2D eigenvalue weighted by Crippen LogP contribution is -2.41. The molecule has 0 saturated carbocycles. The molecule has 2 heterocycles. The number of anilines is 1. The number of hydrogen-bond acceptors (Lipinski definition) is 6. The van der Waals surface area contributed by atoms with Gasteiger partial charge in [-0.25, -0.2) is 8.78 Å². The molecule has 2 N–H and O–H groups in total. The van der Waals surface area contributed by atoms with Crippen LogP contribution in [-0.2, 0) is 4.79 Å². The molecule has 0 unspecified atom stereocenters. The number of carbonyl (C=O) groups excluding carboxylic acids is 2. The standard InChI is InChI=1S/C11H10F2N4O2S2/c1-5(14-9(19)6-3-2-4-20-6)8(18)15-11-17-16-10(21-11)7(12)13/h2-5,7H,1H3,(H,14,19)(H,15,17,18)/t5-/m0/s1. The summed E-state index contributed by atoms with van der Waals surface area (Å²) in [6.07, 6.45) is -2.73. The molecule has 6 nitrogen and oxygen atoms in total. The predicted octanol–water partition coefficient (Wildman–Crippen LogP) is 2.29. The number of nitrogens with zero attached hydrogens (tertiary/aromatic N) is 2. The summed E-state index contributed by atoms with van der Waals surface area (Å²) in [5.74, 6) is -0.935. The number of carbonyl (C=O) groups is 2. The molecular formula is C11H10F2N4O2S2. The largest absolute Gasteiger partial charge is 0.340 e. The second kappa shape index (κ2) is 6.68. The summed E-state index contributed by atoms with van der Waals surface area (Å²) in [6.45, 7) is 1.48. The van der Waals surface area contributed by atoms with E-state index < -0.39 is 23.4 Å². The molecule has 112 valence electrons. The van der Waals surface area contributed by atoms with Gasteiger partial charge < -0.3 is 5.32 Å². The first kappa shape index (κ1) is 15.4. The van der Waals surface area contributed by atoms with Gasteiger partial charge >= 0.3 is 0 Å². The highest BCUT2D eigenvalue weighted by molar-refractivity contribution is 7.15. The Morgan fingerprint density at radius 3 is 2.67 bits per heavy atom. The molecule has 0 bridgehead atoms. The topological polar surface area (TPSA) is 84.0 Å². The van der Waals surface area contributed by atoms with Crippen LogP contribution < -0.4 is 10.6 Å². The van der Waals surface area contributed by atoms with Gasteiger partial charge in [0.25, 0.3) is 12.3 Å². The van der Waals surface area contributed by atoms with Gasteiger partial charge in [0, 0.05) is 0 Å². The molecule has 0 fully saturated rings. The zero-order chi connectivity index (χ0) is 15.4. The smallest absolute Gasteiger partial charge is 0.291 e. The van der Waals surface area contributed by atoms with Gasteiger partial charge in [0.2, 0.25) is 11.0 Å². The van der Waals surface area contributed by atoms with Crippen molar-refractivity contribution in [2.45, 2.75) is 19.4 Å². The molecule has 2 aromatic heterocycles. The van der Waals surface area contributed by atoms with E-state index >= 15 is 0 Å². The zero-order valence-corrected chi connectivity index (χ0v) is 12.3. The van der Waals surface area contributed by atoms with Crippen LogP contribution in [0.3, 0.4) is 0 Å². The minimum absolute atomic E-state index is 0.0347. The minimum Gasteiger partial charge on any atom is -0.340 e. The highest BCUT2D eigenvalue weighted by Gasteiger charge is 2.20. The van der Waals surface area contributed by atoms with Gasteiger partial charge in [0.1, 0.15) is 6.04 Å². The van der Waals surface area contributed by atoms with Crippen molar-refractivity contribution in [3.8, 4) is 0 Å². The Morgan fingerprint density at radius 1 is 1.33 bits per heavy atom. The number of amides is 2. The van der Waals surface area contributed by atoms with Crippen molar-refractivity contribution in [2.75, 3.05) is 5.32 Å². The molecule has 2 rings (SSSR count). The van der Waals surface area contributed by atoms with Gasteiger partial charge in [0.05, 0.1) is 4.88 Å². The first-order chi connectivity index (χ1) is 9.97. The average molecular weight is 332 g/mol. The van der Waals surface area contributed by atoms with Crippen LogP contribution in [0.5, 0.6) is 0 Å². The van der Waals surface area contributed by atoms with Crippen LogP contribution in [0.1, 0.15) is 28.0 Å². The molecule has 1 atom stereocenters. The minimum atomic E-state index is -2.73. The van der Waals surface area contributed by atoms with E-state index in [-0.39, 0.29) is 11.0 Å². The molecule has 0 aliphatic heterocycles. The SMILES string of the molecule is C[C@H](NC(=O)c1cccs1)C(=O)Nc1nnc(C(F)F)s1. The second-order valence-corrected chi connectivity index (χ2v) is 5.86. The molecule has 10 heteroatoms. The van der Waals surface area contributed by atoms with Gasteiger partial charge in [-0.05, 0) is 18.4 Å². The van der Waals surface area contributed by atoms with Crippen molar-refractivity contribution >= 4 is 39.6 Å². The number of halogens is 2. The van der Waals surface area contributed by atoms with Crippen molar-refractivity contribution in [1.82, 2.24) is 15.5 Å². The summed E-state index contributed by atoms with van der Waals surface area (Å²) in [4.78, 5) is 24.1. The zero-order valence-electron chi connectivity index (χ0n) is 10.7. The maximum atomic E-state index is 12.3. The quantitative estimate of drug-likeness (QED) is 0.880. The molecule has 21 heavy (non-hydrogen) atoms. The van der Waals surface area contributed by atoms with E-state index in [1.54, 1.807) is 17.5 Å². The summed E-state index contributed by atoms with van der Waals surface area (Å²) in [5.41, 5.74) is 0. The predicted molar refractivity (Wildman–Crippen MR) is 74.7 cm³/mol. The summed E-state index contributed by atoms with van der Waals surface area (Å²) in [7, 11) is 0. The first-order valence-electron chi connectivity index (χ1n) is 5.74. The van der Waals surface area contributed by atoms with E-state index in [1.165, 1.54) is 18.3 Å². The Morgan fingerprint density at radius 2 is 2.10 bits per heavy atom. The van der Waals surface area contributed by atoms with Gasteiger partial charge in [-0.1, -0.05) is 17.4 Å². The fraction of sp³-hybridized carbons (Fsp3) is 0.273. The first-order valence-corrected chi connectivity index (χ1v) is 7.43. The second-order valence-electron chi connectivity index (χ2n) is 3.91. The molecule has 0 radical (unpaired) electrons. The summed E-state index contributed by atoms with van der Waals surface area (Å²) in [6, 6.07) is 2.51. The molecule has 0 aromatic carbocycles. The normalized spacial score (nSPS) is 12.2. The summed E-state index contributed by atoms with van der Waals surface area (Å²) in [5, 5.41) is 12.7. The maximum absolute atomic E-state index is 12.3. The fourth-order valence-electron chi connectivity index (χ4n) is 1.33. The Bertz CT molecular complexity index is 630. The van der Waals surface area contributed by atoms with Crippen LogP contribution >= 0.6 is 22.7 Å². The molecule has 2 aromatic rings. The number of rotatable bonds is 5. The lowest BCUT2D eigenvalue weighted by Gasteiger charge is -2.11. The monoisotopic (exact) mass is 332 g/mol. The third-order valence-corrected chi connectivity index (χ3v) is 4.06. The lowest BCUT2D eigenvalue weighted by atomic mass is 10.3. The van der Waals surface area contributed by atoms with E-state index in [0.29, 0.717) is 16.2 Å². The highest BCUT2D eigenvalue weighted by Crippen LogP contribution is 2.25. The number of aromatic nitrogens is 2. The van der Waals surface area contributed by atoms with E-state index in [4.69, 9.17) is 0 Å². The fourth-order valence-corrected chi connectivity index (χ4v) is 2.56. The van der Waals surface area contributed by atoms with Crippen LogP contribution in [0.15, 0.2) is 17.5 Å². The lowest BCUT2D eigenvalue weighted by molar-refractivity contribution is -0.117. The summed E-state index contributed by atoms with van der Waals surface area (Å²) < 4.78 is 24.7. The van der Waals surface area contributed by atoms with Gasteiger partial charge in [0.15, 0.2) is 5.01 Å². The van der Waals surface area contributed by atoms with E-state index in [0.717, 1.165) is 0 Å². The molecule has 0 aliphatic rings. The van der Waals surface area contributed by atoms with Crippen LogP contribution in [0.25, 0.3) is 0 Å². The van der Waals surface area contributed by atoms with Gasteiger partial charge in [-0.3, -0.25) is 14.9 Å². The van der Waals surface area contributed by atoms with Crippen LogP contribution in [0, 0.1) is 0 Å². The molecular weight excluding hydrogens is 322 g/mol. The highest BCUT2D eigenvalue weighted by atomic mass is 32.1. The van der Waals surface area contributed by atoms with Gasteiger partial charge in [-0.15, -0.1) is 21.5 Å².